The SMILES string of the molecule is O=S(O)Cc1cccc(C(F)(F)F)c1. The predicted molar refractivity (Wildman–Crippen MR) is 45.9 cm³/mol. The number of alkyl halides is 3. The van der Waals surface area contributed by atoms with E-state index in [0.29, 0.717) is 0 Å². The molecule has 0 aromatic heterocycles. The Morgan fingerprint density at radius 2 is 2.00 bits per heavy atom. The van der Waals surface area contributed by atoms with Crippen molar-refractivity contribution < 1.29 is 21.9 Å². The summed E-state index contributed by atoms with van der Waals surface area (Å²) in [6.07, 6.45) is -4.41. The fourth-order valence-corrected chi connectivity index (χ4v) is 1.44. The highest BCUT2D eigenvalue weighted by Gasteiger charge is 2.30. The van der Waals surface area contributed by atoms with Gasteiger partial charge in [0.15, 0.2) is 11.1 Å². The Bertz CT molecular complexity index is 349. The summed E-state index contributed by atoms with van der Waals surface area (Å²) >= 11 is -2.12. The van der Waals surface area contributed by atoms with Crippen LogP contribution in [0.4, 0.5) is 13.2 Å². The third kappa shape index (κ3) is 3.12. The largest absolute Gasteiger partial charge is 0.416 e. The summed E-state index contributed by atoms with van der Waals surface area (Å²) in [6, 6.07) is 4.38. The van der Waals surface area contributed by atoms with E-state index < -0.39 is 22.8 Å². The topological polar surface area (TPSA) is 37.3 Å². The molecule has 1 aromatic carbocycles. The van der Waals surface area contributed by atoms with E-state index in [1.54, 1.807) is 0 Å². The number of rotatable bonds is 2. The Labute approximate surface area is 81.0 Å². The van der Waals surface area contributed by atoms with Crippen molar-refractivity contribution in [2.24, 2.45) is 0 Å². The first-order valence-electron chi connectivity index (χ1n) is 3.63. The maximum absolute atomic E-state index is 12.2. The highest BCUT2D eigenvalue weighted by Crippen LogP contribution is 2.29. The summed E-state index contributed by atoms with van der Waals surface area (Å²) in [4.78, 5) is 0. The van der Waals surface area contributed by atoms with Crippen LogP contribution in [0.5, 0.6) is 0 Å². The molecule has 0 saturated carbocycles. The Kier molecular flexibility index (Phi) is 3.28. The second-order valence-electron chi connectivity index (χ2n) is 2.66. The summed E-state index contributed by atoms with van der Waals surface area (Å²) in [7, 11) is 0. The smallest absolute Gasteiger partial charge is 0.306 e. The van der Waals surface area contributed by atoms with Gasteiger partial charge in [0.1, 0.15) is 0 Å². The van der Waals surface area contributed by atoms with E-state index in [2.05, 4.69) is 0 Å². The summed E-state index contributed by atoms with van der Waals surface area (Å²) in [5, 5.41) is 0. The molecule has 0 aliphatic heterocycles. The maximum atomic E-state index is 12.2. The second-order valence-corrected chi connectivity index (χ2v) is 3.60. The van der Waals surface area contributed by atoms with E-state index in [1.807, 2.05) is 0 Å². The molecular formula is C8H7F3O2S. The average molecular weight is 224 g/mol. The zero-order valence-corrected chi connectivity index (χ0v) is 7.73. The van der Waals surface area contributed by atoms with E-state index in [9.17, 15) is 17.4 Å². The molecule has 2 nitrogen and oxygen atoms in total. The van der Waals surface area contributed by atoms with Crippen molar-refractivity contribution in [2.75, 3.05) is 0 Å². The molecule has 0 fully saturated rings. The molecule has 0 aliphatic carbocycles. The quantitative estimate of drug-likeness (QED) is 0.783. The minimum Gasteiger partial charge on any atom is -0.306 e. The molecule has 0 spiro atoms. The minimum absolute atomic E-state index is 0.195. The monoisotopic (exact) mass is 224 g/mol. The molecule has 6 heteroatoms. The lowest BCUT2D eigenvalue weighted by Crippen LogP contribution is -2.05. The molecule has 1 unspecified atom stereocenters. The molecule has 1 N–H and O–H groups in total. The Morgan fingerprint density at radius 3 is 2.50 bits per heavy atom. The minimum atomic E-state index is -4.41. The van der Waals surface area contributed by atoms with Gasteiger partial charge in [-0.3, -0.25) is 0 Å². The number of hydrogen-bond donors (Lipinski definition) is 1. The van der Waals surface area contributed by atoms with Crippen LogP contribution in [0.2, 0.25) is 0 Å². The fraction of sp³-hybridized carbons (Fsp3) is 0.250. The fourth-order valence-electron chi connectivity index (χ4n) is 0.980. The van der Waals surface area contributed by atoms with Crippen molar-refractivity contribution in [1.29, 1.82) is 0 Å². The van der Waals surface area contributed by atoms with Gasteiger partial charge in [-0.25, -0.2) is 4.21 Å². The van der Waals surface area contributed by atoms with Crippen LogP contribution in [0.15, 0.2) is 24.3 Å². The third-order valence-electron chi connectivity index (χ3n) is 1.54. The van der Waals surface area contributed by atoms with Gasteiger partial charge >= 0.3 is 6.18 Å². The van der Waals surface area contributed by atoms with E-state index in [1.165, 1.54) is 12.1 Å². The zero-order chi connectivity index (χ0) is 10.8. The standard InChI is InChI=1S/C8H7F3O2S/c9-8(10,11)7-3-1-2-6(4-7)5-14(12)13/h1-4H,5H2,(H,12,13). The zero-order valence-electron chi connectivity index (χ0n) is 6.91. The Balaban J connectivity index is 2.95. The van der Waals surface area contributed by atoms with Gasteiger partial charge in [-0.05, 0) is 11.6 Å². The molecule has 0 saturated heterocycles. The van der Waals surface area contributed by atoms with Crippen molar-refractivity contribution in [3.05, 3.63) is 35.4 Å². The van der Waals surface area contributed by atoms with Crippen LogP contribution in [0.25, 0.3) is 0 Å². The van der Waals surface area contributed by atoms with Gasteiger partial charge in [-0.15, -0.1) is 0 Å². The molecular weight excluding hydrogens is 217 g/mol. The second kappa shape index (κ2) is 4.10. The molecule has 1 rings (SSSR count). The first-order valence-corrected chi connectivity index (χ1v) is 4.91. The van der Waals surface area contributed by atoms with Crippen LogP contribution in [0.3, 0.4) is 0 Å². The first-order chi connectivity index (χ1) is 6.39. The van der Waals surface area contributed by atoms with Gasteiger partial charge < -0.3 is 4.55 Å². The normalized spacial score (nSPS) is 14.0. The highest BCUT2D eigenvalue weighted by atomic mass is 32.2. The lowest BCUT2D eigenvalue weighted by atomic mass is 10.1. The van der Waals surface area contributed by atoms with Crippen LogP contribution in [-0.4, -0.2) is 8.76 Å². The molecule has 0 bridgehead atoms. The van der Waals surface area contributed by atoms with Crippen molar-refractivity contribution in [3.63, 3.8) is 0 Å². The van der Waals surface area contributed by atoms with Gasteiger partial charge in [-0.2, -0.15) is 13.2 Å². The van der Waals surface area contributed by atoms with Gasteiger partial charge in [0.05, 0.1) is 11.3 Å². The van der Waals surface area contributed by atoms with Crippen molar-refractivity contribution in [2.45, 2.75) is 11.9 Å². The third-order valence-corrected chi connectivity index (χ3v) is 2.12. The lowest BCUT2D eigenvalue weighted by molar-refractivity contribution is -0.137. The summed E-state index contributed by atoms with van der Waals surface area (Å²) in [6.45, 7) is 0. The average Bonchev–Trinajstić information content (AvgIpc) is 2.01. The molecule has 0 amide bonds. The van der Waals surface area contributed by atoms with Gasteiger partial charge in [0.2, 0.25) is 0 Å². The van der Waals surface area contributed by atoms with Crippen molar-refractivity contribution in [3.8, 4) is 0 Å². The molecule has 14 heavy (non-hydrogen) atoms. The van der Waals surface area contributed by atoms with Crippen LogP contribution >= 0.6 is 0 Å². The van der Waals surface area contributed by atoms with Crippen LogP contribution in [-0.2, 0) is 23.0 Å². The number of benzene rings is 1. The van der Waals surface area contributed by atoms with E-state index >= 15 is 0 Å². The van der Waals surface area contributed by atoms with E-state index in [-0.39, 0.29) is 11.3 Å². The summed E-state index contributed by atoms with van der Waals surface area (Å²) in [5.74, 6) is -0.288. The summed E-state index contributed by atoms with van der Waals surface area (Å²) in [5.41, 5.74) is -0.610. The van der Waals surface area contributed by atoms with E-state index in [4.69, 9.17) is 4.55 Å². The highest BCUT2D eigenvalue weighted by molar-refractivity contribution is 7.78. The lowest BCUT2D eigenvalue weighted by Gasteiger charge is -2.07. The molecule has 78 valence electrons. The van der Waals surface area contributed by atoms with Gasteiger partial charge in [0.25, 0.3) is 0 Å². The van der Waals surface area contributed by atoms with E-state index in [0.717, 1.165) is 12.1 Å². The van der Waals surface area contributed by atoms with Crippen molar-refractivity contribution in [1.82, 2.24) is 0 Å². The maximum Gasteiger partial charge on any atom is 0.416 e. The van der Waals surface area contributed by atoms with Gasteiger partial charge in [-0.1, -0.05) is 18.2 Å². The van der Waals surface area contributed by atoms with Crippen LogP contribution in [0, 0.1) is 0 Å². The molecule has 1 atom stereocenters. The van der Waals surface area contributed by atoms with Crippen LogP contribution < -0.4 is 0 Å². The molecule has 0 aliphatic rings. The van der Waals surface area contributed by atoms with Gasteiger partial charge in [0, 0.05) is 0 Å². The first kappa shape index (κ1) is 11.2. The molecule has 1 aromatic rings. The molecule has 0 radical (unpaired) electrons. The predicted octanol–water partition coefficient (Wildman–Crippen LogP) is 2.43. The molecule has 0 heterocycles. The Hall–Kier alpha value is -0.880. The van der Waals surface area contributed by atoms with Crippen LogP contribution in [0.1, 0.15) is 11.1 Å². The number of hydrogen-bond acceptors (Lipinski definition) is 1. The number of halogens is 3. The summed E-state index contributed by atoms with van der Waals surface area (Å²) < 4.78 is 55.4. The Morgan fingerprint density at radius 1 is 1.36 bits per heavy atom. The van der Waals surface area contributed by atoms with Crippen molar-refractivity contribution >= 4 is 11.1 Å².